The van der Waals surface area contributed by atoms with E-state index in [2.05, 4.69) is 51.3 Å². The van der Waals surface area contributed by atoms with Gasteiger partial charge in [-0.3, -0.25) is 4.79 Å². The average Bonchev–Trinajstić information content (AvgIpc) is 2.80. The predicted octanol–water partition coefficient (Wildman–Crippen LogP) is 3.59. The van der Waals surface area contributed by atoms with Crippen LogP contribution in [-0.4, -0.2) is 66.5 Å². The molecule has 3 heterocycles. The summed E-state index contributed by atoms with van der Waals surface area (Å²) in [5, 5.41) is 3.38. The lowest BCUT2D eigenvalue weighted by Gasteiger charge is -2.33. The number of anilines is 3. The molecule has 6 nitrogen and oxygen atoms in total. The monoisotopic (exact) mass is 393 g/mol. The maximum absolute atomic E-state index is 12.7. The molecule has 4 rings (SSSR count). The Bertz CT molecular complexity index is 791. The van der Waals surface area contributed by atoms with Gasteiger partial charge in [0.05, 0.1) is 11.9 Å². The lowest BCUT2D eigenvalue weighted by atomic mass is 10.1. The Kier molecular flexibility index (Phi) is 6.30. The van der Waals surface area contributed by atoms with Gasteiger partial charge in [0.2, 0.25) is 0 Å². The van der Waals surface area contributed by atoms with Gasteiger partial charge in [0.15, 0.2) is 0 Å². The molecule has 29 heavy (non-hydrogen) atoms. The minimum atomic E-state index is 0.0261. The highest BCUT2D eigenvalue weighted by Crippen LogP contribution is 2.23. The van der Waals surface area contributed by atoms with Crippen LogP contribution in [0.15, 0.2) is 42.6 Å². The van der Waals surface area contributed by atoms with Gasteiger partial charge >= 0.3 is 0 Å². The molecule has 2 saturated heterocycles. The number of aromatic nitrogens is 1. The highest BCUT2D eigenvalue weighted by Gasteiger charge is 2.22. The summed E-state index contributed by atoms with van der Waals surface area (Å²) in [6, 6.07) is 12.3. The number of hydrogen-bond donors (Lipinski definition) is 1. The van der Waals surface area contributed by atoms with E-state index in [1.165, 1.54) is 24.9 Å². The van der Waals surface area contributed by atoms with Gasteiger partial charge in [-0.1, -0.05) is 6.92 Å². The van der Waals surface area contributed by atoms with Crippen molar-refractivity contribution >= 4 is 23.0 Å². The summed E-state index contributed by atoms with van der Waals surface area (Å²) in [4.78, 5) is 23.8. The standard InChI is InChI=1S/C23H31N5O/c1-2-26-14-16-28(17-15-26)23(29)22-11-8-20(18-24-22)25-19-6-9-21(10-7-19)27-12-4-3-5-13-27/h6-11,18,25H,2-5,12-17H2,1H3. The van der Waals surface area contributed by atoms with Crippen molar-refractivity contribution in [3.63, 3.8) is 0 Å². The van der Waals surface area contributed by atoms with Crippen molar-refractivity contribution in [2.24, 2.45) is 0 Å². The minimum absolute atomic E-state index is 0.0261. The molecule has 1 N–H and O–H groups in total. The van der Waals surface area contributed by atoms with E-state index in [0.29, 0.717) is 5.69 Å². The van der Waals surface area contributed by atoms with Crippen molar-refractivity contribution in [2.75, 3.05) is 56.0 Å². The zero-order valence-electron chi connectivity index (χ0n) is 17.3. The van der Waals surface area contributed by atoms with Crippen LogP contribution >= 0.6 is 0 Å². The first-order valence-corrected chi connectivity index (χ1v) is 10.8. The predicted molar refractivity (Wildman–Crippen MR) is 118 cm³/mol. The van der Waals surface area contributed by atoms with Crippen molar-refractivity contribution in [3.05, 3.63) is 48.3 Å². The van der Waals surface area contributed by atoms with Gasteiger partial charge in [0.25, 0.3) is 5.91 Å². The fourth-order valence-corrected chi connectivity index (χ4v) is 4.10. The first kappa shape index (κ1) is 19.7. The molecular formula is C23H31N5O. The number of hydrogen-bond acceptors (Lipinski definition) is 5. The minimum Gasteiger partial charge on any atom is -0.372 e. The van der Waals surface area contributed by atoms with Crippen LogP contribution in [0.3, 0.4) is 0 Å². The van der Waals surface area contributed by atoms with E-state index >= 15 is 0 Å². The second-order valence-corrected chi connectivity index (χ2v) is 7.88. The largest absolute Gasteiger partial charge is 0.372 e. The average molecular weight is 394 g/mol. The molecule has 1 aromatic carbocycles. The van der Waals surface area contributed by atoms with Crippen molar-refractivity contribution in [1.29, 1.82) is 0 Å². The molecule has 2 aliphatic heterocycles. The topological polar surface area (TPSA) is 51.7 Å². The molecule has 0 spiro atoms. The fraction of sp³-hybridized carbons (Fsp3) is 0.478. The Morgan fingerprint density at radius 3 is 2.21 bits per heavy atom. The molecule has 0 bridgehead atoms. The summed E-state index contributed by atoms with van der Waals surface area (Å²) in [5.41, 5.74) is 3.73. The summed E-state index contributed by atoms with van der Waals surface area (Å²) in [6.45, 7) is 8.94. The summed E-state index contributed by atoms with van der Waals surface area (Å²) >= 11 is 0. The number of piperidine rings is 1. The molecule has 0 unspecified atom stereocenters. The van der Waals surface area contributed by atoms with Crippen LogP contribution in [0, 0.1) is 0 Å². The Morgan fingerprint density at radius 1 is 0.897 bits per heavy atom. The number of pyridine rings is 1. The molecule has 0 radical (unpaired) electrons. The van der Waals surface area contributed by atoms with Crippen LogP contribution in [0.25, 0.3) is 0 Å². The number of amides is 1. The van der Waals surface area contributed by atoms with Crippen LogP contribution in [0.1, 0.15) is 36.7 Å². The maximum Gasteiger partial charge on any atom is 0.272 e. The molecular weight excluding hydrogens is 362 g/mol. The first-order valence-electron chi connectivity index (χ1n) is 10.8. The third kappa shape index (κ3) is 4.88. The van der Waals surface area contributed by atoms with E-state index in [-0.39, 0.29) is 5.91 Å². The zero-order chi connectivity index (χ0) is 20.1. The fourth-order valence-electron chi connectivity index (χ4n) is 4.10. The van der Waals surface area contributed by atoms with Crippen LogP contribution in [0.5, 0.6) is 0 Å². The van der Waals surface area contributed by atoms with Gasteiger partial charge in [-0.05, 0) is 62.2 Å². The normalized spacial score (nSPS) is 18.0. The number of carbonyl (C=O) groups excluding carboxylic acids is 1. The number of rotatable bonds is 5. The number of piperazine rings is 1. The molecule has 1 aromatic heterocycles. The second kappa shape index (κ2) is 9.27. The van der Waals surface area contributed by atoms with Crippen molar-refractivity contribution in [1.82, 2.24) is 14.8 Å². The van der Waals surface area contributed by atoms with Crippen LogP contribution in [0.2, 0.25) is 0 Å². The number of nitrogens with one attached hydrogen (secondary N) is 1. The molecule has 6 heteroatoms. The van der Waals surface area contributed by atoms with Crippen LogP contribution < -0.4 is 10.2 Å². The molecule has 154 valence electrons. The molecule has 2 fully saturated rings. The summed E-state index contributed by atoms with van der Waals surface area (Å²) < 4.78 is 0. The van der Waals surface area contributed by atoms with Crippen molar-refractivity contribution in [2.45, 2.75) is 26.2 Å². The number of benzene rings is 1. The molecule has 2 aliphatic rings. The summed E-state index contributed by atoms with van der Waals surface area (Å²) in [7, 11) is 0. The maximum atomic E-state index is 12.7. The lowest BCUT2D eigenvalue weighted by molar-refractivity contribution is 0.0637. The third-order valence-electron chi connectivity index (χ3n) is 5.97. The highest BCUT2D eigenvalue weighted by molar-refractivity contribution is 5.92. The van der Waals surface area contributed by atoms with E-state index in [1.807, 2.05) is 17.0 Å². The zero-order valence-corrected chi connectivity index (χ0v) is 17.3. The Balaban J connectivity index is 1.34. The van der Waals surface area contributed by atoms with E-state index < -0.39 is 0 Å². The molecule has 0 aliphatic carbocycles. The molecule has 0 atom stereocenters. The van der Waals surface area contributed by atoms with Gasteiger partial charge < -0.3 is 20.0 Å². The Morgan fingerprint density at radius 2 is 1.59 bits per heavy atom. The molecule has 1 amide bonds. The molecule has 0 saturated carbocycles. The van der Waals surface area contributed by atoms with Gasteiger partial charge in [-0.2, -0.15) is 0 Å². The smallest absolute Gasteiger partial charge is 0.272 e. The second-order valence-electron chi connectivity index (χ2n) is 7.88. The van der Waals surface area contributed by atoms with E-state index in [1.54, 1.807) is 6.20 Å². The highest BCUT2D eigenvalue weighted by atomic mass is 16.2. The number of likely N-dealkylation sites (N-methyl/N-ethyl adjacent to an activating group) is 1. The Labute approximate surface area is 173 Å². The van der Waals surface area contributed by atoms with Gasteiger partial charge in [0, 0.05) is 50.6 Å². The van der Waals surface area contributed by atoms with E-state index in [0.717, 1.165) is 57.2 Å². The summed E-state index contributed by atoms with van der Waals surface area (Å²) in [6.07, 6.45) is 5.65. The lowest BCUT2D eigenvalue weighted by Crippen LogP contribution is -2.48. The van der Waals surface area contributed by atoms with Gasteiger partial charge in [0.1, 0.15) is 5.69 Å². The van der Waals surface area contributed by atoms with Crippen LogP contribution in [0.4, 0.5) is 17.1 Å². The van der Waals surface area contributed by atoms with Crippen molar-refractivity contribution in [3.8, 4) is 0 Å². The van der Waals surface area contributed by atoms with E-state index in [9.17, 15) is 4.79 Å². The van der Waals surface area contributed by atoms with Crippen molar-refractivity contribution < 1.29 is 4.79 Å². The third-order valence-corrected chi connectivity index (χ3v) is 5.97. The SMILES string of the molecule is CCN1CCN(C(=O)c2ccc(Nc3ccc(N4CCCCC4)cc3)cn2)CC1. The quantitative estimate of drug-likeness (QED) is 0.841. The van der Waals surface area contributed by atoms with Gasteiger partial charge in [-0.25, -0.2) is 4.98 Å². The van der Waals surface area contributed by atoms with Gasteiger partial charge in [-0.15, -0.1) is 0 Å². The van der Waals surface area contributed by atoms with E-state index in [4.69, 9.17) is 0 Å². The molecule has 2 aromatic rings. The first-order chi connectivity index (χ1) is 14.2. The number of nitrogens with zero attached hydrogens (tertiary/aromatic N) is 4. The summed E-state index contributed by atoms with van der Waals surface area (Å²) in [5.74, 6) is 0.0261. The Hall–Kier alpha value is -2.60. The number of carbonyl (C=O) groups is 1. The van der Waals surface area contributed by atoms with Crippen LogP contribution in [-0.2, 0) is 0 Å².